The van der Waals surface area contributed by atoms with Crippen LogP contribution in [-0.4, -0.2) is 10.1 Å². The zero-order valence-corrected chi connectivity index (χ0v) is 8.20. The van der Waals surface area contributed by atoms with Crippen molar-refractivity contribution in [2.24, 2.45) is 5.73 Å². The molecule has 2 rings (SSSR count). The van der Waals surface area contributed by atoms with E-state index in [0.29, 0.717) is 17.3 Å². The molecule has 0 spiro atoms. The third kappa shape index (κ3) is 2.02. The van der Waals surface area contributed by atoms with Crippen LogP contribution in [0.5, 0.6) is 0 Å². The molecule has 2 aromatic rings. The summed E-state index contributed by atoms with van der Waals surface area (Å²) in [5, 5.41) is 3.71. The third-order valence-corrected chi connectivity index (χ3v) is 1.94. The summed E-state index contributed by atoms with van der Waals surface area (Å²) in [6.07, 6.45) is 0. The van der Waals surface area contributed by atoms with E-state index in [1.54, 1.807) is 13.0 Å². The maximum Gasteiger partial charge on any atom is 0.240 e. The second-order valence-electron chi connectivity index (χ2n) is 3.23. The molecule has 0 radical (unpaired) electrons. The highest BCUT2D eigenvalue weighted by Gasteiger charge is 2.08. The average molecular weight is 207 g/mol. The summed E-state index contributed by atoms with van der Waals surface area (Å²) in [6, 6.07) is 4.58. The van der Waals surface area contributed by atoms with Gasteiger partial charge in [0.1, 0.15) is 5.82 Å². The summed E-state index contributed by atoms with van der Waals surface area (Å²) < 4.78 is 17.9. The van der Waals surface area contributed by atoms with Gasteiger partial charge in [-0.25, -0.2) is 4.39 Å². The van der Waals surface area contributed by atoms with Gasteiger partial charge in [0.2, 0.25) is 11.7 Å². The molecule has 0 saturated heterocycles. The molecule has 1 heterocycles. The number of aromatic nitrogens is 2. The maximum absolute atomic E-state index is 13.1. The molecule has 0 amide bonds. The minimum Gasteiger partial charge on any atom is -0.338 e. The predicted molar refractivity (Wildman–Crippen MR) is 52.3 cm³/mol. The van der Waals surface area contributed by atoms with Crippen molar-refractivity contribution in [3.8, 4) is 11.4 Å². The van der Waals surface area contributed by atoms with Crippen LogP contribution in [0.25, 0.3) is 11.4 Å². The van der Waals surface area contributed by atoms with Crippen molar-refractivity contribution >= 4 is 0 Å². The normalized spacial score (nSPS) is 10.6. The van der Waals surface area contributed by atoms with Crippen LogP contribution in [0, 0.1) is 12.7 Å². The summed E-state index contributed by atoms with van der Waals surface area (Å²) in [5.41, 5.74) is 6.73. The van der Waals surface area contributed by atoms with Gasteiger partial charge in [0.05, 0.1) is 6.54 Å². The molecule has 0 bridgehead atoms. The second-order valence-corrected chi connectivity index (χ2v) is 3.23. The Hall–Kier alpha value is -1.75. The standard InChI is InChI=1S/C10H10FN3O/c1-6-2-7(4-8(11)3-6)10-13-9(5-12)15-14-10/h2-4H,5,12H2,1H3. The van der Waals surface area contributed by atoms with Gasteiger partial charge in [-0.05, 0) is 30.7 Å². The van der Waals surface area contributed by atoms with E-state index in [-0.39, 0.29) is 12.4 Å². The molecule has 1 aromatic carbocycles. The van der Waals surface area contributed by atoms with Gasteiger partial charge in [0, 0.05) is 5.56 Å². The first kappa shape index (κ1) is 9.79. The lowest BCUT2D eigenvalue weighted by atomic mass is 10.1. The van der Waals surface area contributed by atoms with E-state index in [2.05, 4.69) is 10.1 Å². The van der Waals surface area contributed by atoms with Crippen LogP contribution in [-0.2, 0) is 6.54 Å². The van der Waals surface area contributed by atoms with Crippen molar-refractivity contribution in [2.75, 3.05) is 0 Å². The van der Waals surface area contributed by atoms with Crippen LogP contribution >= 0.6 is 0 Å². The van der Waals surface area contributed by atoms with Crippen LogP contribution in [0.1, 0.15) is 11.5 Å². The van der Waals surface area contributed by atoms with Crippen molar-refractivity contribution < 1.29 is 8.91 Å². The fraction of sp³-hybridized carbons (Fsp3) is 0.200. The molecular formula is C10H10FN3O. The van der Waals surface area contributed by atoms with Gasteiger partial charge in [-0.1, -0.05) is 5.16 Å². The number of halogens is 1. The monoisotopic (exact) mass is 207 g/mol. The largest absolute Gasteiger partial charge is 0.338 e. The lowest BCUT2D eigenvalue weighted by molar-refractivity contribution is 0.380. The predicted octanol–water partition coefficient (Wildman–Crippen LogP) is 1.64. The van der Waals surface area contributed by atoms with E-state index < -0.39 is 0 Å². The highest BCUT2D eigenvalue weighted by molar-refractivity contribution is 5.55. The fourth-order valence-electron chi connectivity index (χ4n) is 1.32. The van der Waals surface area contributed by atoms with Gasteiger partial charge in [-0.15, -0.1) is 0 Å². The van der Waals surface area contributed by atoms with Crippen LogP contribution in [0.15, 0.2) is 22.7 Å². The van der Waals surface area contributed by atoms with Crippen molar-refractivity contribution in [1.29, 1.82) is 0 Å². The van der Waals surface area contributed by atoms with Crippen LogP contribution in [0.3, 0.4) is 0 Å². The Morgan fingerprint density at radius 3 is 2.80 bits per heavy atom. The number of rotatable bonds is 2. The van der Waals surface area contributed by atoms with E-state index in [0.717, 1.165) is 5.56 Å². The number of hydrogen-bond donors (Lipinski definition) is 1. The van der Waals surface area contributed by atoms with Crippen molar-refractivity contribution in [3.05, 3.63) is 35.5 Å². The molecule has 78 valence electrons. The van der Waals surface area contributed by atoms with Crippen molar-refractivity contribution in [2.45, 2.75) is 13.5 Å². The first-order valence-electron chi connectivity index (χ1n) is 4.49. The average Bonchev–Trinajstić information content (AvgIpc) is 2.64. The number of benzene rings is 1. The molecule has 0 fully saturated rings. The summed E-state index contributed by atoms with van der Waals surface area (Å²) in [7, 11) is 0. The molecule has 0 saturated carbocycles. The van der Waals surface area contributed by atoms with Gasteiger partial charge >= 0.3 is 0 Å². The maximum atomic E-state index is 13.1. The smallest absolute Gasteiger partial charge is 0.240 e. The Morgan fingerprint density at radius 2 is 2.20 bits per heavy atom. The molecule has 0 atom stereocenters. The molecule has 0 aliphatic heterocycles. The van der Waals surface area contributed by atoms with Crippen LogP contribution in [0.4, 0.5) is 4.39 Å². The van der Waals surface area contributed by atoms with E-state index in [1.807, 2.05) is 0 Å². The molecule has 0 aliphatic rings. The number of aryl methyl sites for hydroxylation is 1. The summed E-state index contributed by atoms with van der Waals surface area (Å²) >= 11 is 0. The zero-order valence-electron chi connectivity index (χ0n) is 8.20. The second kappa shape index (κ2) is 3.78. The molecule has 0 aliphatic carbocycles. The SMILES string of the molecule is Cc1cc(F)cc(-c2noc(CN)n2)c1. The van der Waals surface area contributed by atoms with Crippen molar-refractivity contribution in [1.82, 2.24) is 10.1 Å². The molecule has 1 aromatic heterocycles. The number of nitrogens with two attached hydrogens (primary N) is 1. The molecule has 2 N–H and O–H groups in total. The molecule has 5 heteroatoms. The van der Waals surface area contributed by atoms with E-state index in [4.69, 9.17) is 10.3 Å². The minimum atomic E-state index is -0.316. The quantitative estimate of drug-likeness (QED) is 0.813. The lowest BCUT2D eigenvalue weighted by Crippen LogP contribution is -1.95. The third-order valence-electron chi connectivity index (χ3n) is 1.94. The van der Waals surface area contributed by atoms with Gasteiger partial charge in [-0.3, -0.25) is 0 Å². The topological polar surface area (TPSA) is 64.9 Å². The zero-order chi connectivity index (χ0) is 10.8. The summed E-state index contributed by atoms with van der Waals surface area (Å²) in [4.78, 5) is 4.01. The molecule has 15 heavy (non-hydrogen) atoms. The molecular weight excluding hydrogens is 197 g/mol. The Labute approximate surface area is 85.9 Å². The van der Waals surface area contributed by atoms with Gasteiger partial charge in [-0.2, -0.15) is 4.98 Å². The van der Waals surface area contributed by atoms with Crippen LogP contribution in [0.2, 0.25) is 0 Å². The van der Waals surface area contributed by atoms with Crippen LogP contribution < -0.4 is 5.73 Å². The number of nitrogens with zero attached hydrogens (tertiary/aromatic N) is 2. The van der Waals surface area contributed by atoms with Gasteiger partial charge in [0.15, 0.2) is 0 Å². The molecule has 0 unspecified atom stereocenters. The highest BCUT2D eigenvalue weighted by atomic mass is 19.1. The van der Waals surface area contributed by atoms with E-state index in [9.17, 15) is 4.39 Å². The Balaban J connectivity index is 2.44. The van der Waals surface area contributed by atoms with E-state index in [1.165, 1.54) is 12.1 Å². The van der Waals surface area contributed by atoms with Gasteiger partial charge in [0.25, 0.3) is 0 Å². The first-order valence-corrected chi connectivity index (χ1v) is 4.49. The Kier molecular flexibility index (Phi) is 2.47. The number of hydrogen-bond acceptors (Lipinski definition) is 4. The lowest BCUT2D eigenvalue weighted by Gasteiger charge is -1.97. The van der Waals surface area contributed by atoms with E-state index >= 15 is 0 Å². The van der Waals surface area contributed by atoms with Gasteiger partial charge < -0.3 is 10.3 Å². The highest BCUT2D eigenvalue weighted by Crippen LogP contribution is 2.18. The Bertz CT molecular complexity index is 461. The summed E-state index contributed by atoms with van der Waals surface area (Å²) in [6.45, 7) is 1.98. The fourth-order valence-corrected chi connectivity index (χ4v) is 1.32. The Morgan fingerprint density at radius 1 is 1.40 bits per heavy atom. The first-order chi connectivity index (χ1) is 7.19. The summed E-state index contributed by atoms with van der Waals surface area (Å²) in [5.74, 6) is 0.383. The minimum absolute atomic E-state index is 0.182. The molecule has 4 nitrogen and oxygen atoms in total. The van der Waals surface area contributed by atoms with Crippen molar-refractivity contribution in [3.63, 3.8) is 0 Å².